The van der Waals surface area contributed by atoms with Crippen molar-refractivity contribution in [3.63, 3.8) is 0 Å². The molecule has 3 aromatic carbocycles. The van der Waals surface area contributed by atoms with Gasteiger partial charge in [-0.05, 0) is 25.1 Å². The number of hydrogen-bond donors (Lipinski definition) is 1. The van der Waals surface area contributed by atoms with E-state index in [1.54, 1.807) is 37.3 Å². The van der Waals surface area contributed by atoms with E-state index < -0.39 is 16.0 Å². The molecule has 31 heavy (non-hydrogen) atoms. The van der Waals surface area contributed by atoms with Gasteiger partial charge in [0, 0.05) is 23.3 Å². The molecule has 0 radical (unpaired) electrons. The monoisotopic (exact) mass is 439 g/mol. The Balaban J connectivity index is 1.87. The Bertz CT molecular complexity index is 1360. The highest BCUT2D eigenvalue weighted by molar-refractivity contribution is 7.92. The van der Waals surface area contributed by atoms with Gasteiger partial charge in [0.1, 0.15) is 23.5 Å². The standard InChI is InChI=1S/C23H21NO6S/c1-15-21(23(25)29-13-12-28-2)19-14-20(17-10-6-7-11-18(17)22(19)30-15)24-31(26,27)16-8-4-3-5-9-16/h3-11,14,24H,12-13H2,1-2H3. The summed E-state index contributed by atoms with van der Waals surface area (Å²) in [5.74, 6) is -0.161. The van der Waals surface area contributed by atoms with Gasteiger partial charge in [0.05, 0.1) is 17.2 Å². The predicted molar refractivity (Wildman–Crippen MR) is 118 cm³/mol. The molecule has 1 heterocycles. The average molecular weight is 439 g/mol. The van der Waals surface area contributed by atoms with Crippen molar-refractivity contribution >= 4 is 43.4 Å². The number of hydrogen-bond acceptors (Lipinski definition) is 6. The van der Waals surface area contributed by atoms with Crippen LogP contribution in [0.25, 0.3) is 21.7 Å². The van der Waals surface area contributed by atoms with Gasteiger partial charge >= 0.3 is 5.97 Å². The highest BCUT2D eigenvalue weighted by Crippen LogP contribution is 2.37. The Morgan fingerprint density at radius 2 is 1.65 bits per heavy atom. The van der Waals surface area contributed by atoms with E-state index in [2.05, 4.69) is 4.72 Å². The second-order valence-corrected chi connectivity index (χ2v) is 8.61. The molecule has 0 saturated heterocycles. The number of nitrogens with one attached hydrogen (secondary N) is 1. The third kappa shape index (κ3) is 3.99. The number of esters is 1. The maximum absolute atomic E-state index is 12.9. The molecule has 4 aromatic rings. The minimum atomic E-state index is -3.83. The van der Waals surface area contributed by atoms with Gasteiger partial charge in [-0.15, -0.1) is 0 Å². The fourth-order valence-electron chi connectivity index (χ4n) is 3.47. The molecule has 1 N–H and O–H groups in total. The van der Waals surface area contributed by atoms with Gasteiger partial charge in [-0.25, -0.2) is 13.2 Å². The smallest absolute Gasteiger partial charge is 0.342 e. The number of rotatable bonds is 7. The third-order valence-corrected chi connectivity index (χ3v) is 6.28. The third-order valence-electron chi connectivity index (χ3n) is 4.89. The summed E-state index contributed by atoms with van der Waals surface area (Å²) in [4.78, 5) is 12.8. The first-order valence-electron chi connectivity index (χ1n) is 9.61. The summed E-state index contributed by atoms with van der Waals surface area (Å²) in [5, 5.41) is 1.82. The maximum atomic E-state index is 12.9. The fourth-order valence-corrected chi connectivity index (χ4v) is 4.56. The Morgan fingerprint density at radius 1 is 0.968 bits per heavy atom. The van der Waals surface area contributed by atoms with Crippen molar-refractivity contribution in [3.05, 3.63) is 72.0 Å². The van der Waals surface area contributed by atoms with Crippen LogP contribution in [0.4, 0.5) is 5.69 Å². The molecule has 0 aliphatic carbocycles. The topological polar surface area (TPSA) is 94.8 Å². The van der Waals surface area contributed by atoms with Crippen LogP contribution in [-0.2, 0) is 19.5 Å². The molecule has 0 aliphatic rings. The van der Waals surface area contributed by atoms with Crippen molar-refractivity contribution in [1.82, 2.24) is 0 Å². The van der Waals surface area contributed by atoms with Crippen LogP contribution in [0.15, 0.2) is 70.0 Å². The predicted octanol–water partition coefficient (Wildman–Crippen LogP) is 4.50. The molecule has 7 nitrogen and oxygen atoms in total. The summed E-state index contributed by atoms with van der Waals surface area (Å²) < 4.78 is 44.6. The molecule has 1 aromatic heterocycles. The number of furan rings is 1. The SMILES string of the molecule is COCCOC(=O)c1c(C)oc2c1cc(NS(=O)(=O)c1ccccc1)c1ccccc12. The van der Waals surface area contributed by atoms with E-state index in [4.69, 9.17) is 13.9 Å². The van der Waals surface area contributed by atoms with Crippen molar-refractivity contribution in [2.45, 2.75) is 11.8 Å². The summed E-state index contributed by atoms with van der Waals surface area (Å²) in [7, 11) is -2.31. The van der Waals surface area contributed by atoms with Crippen LogP contribution in [-0.4, -0.2) is 34.7 Å². The van der Waals surface area contributed by atoms with Crippen LogP contribution in [0, 0.1) is 6.92 Å². The summed E-state index contributed by atoms with van der Waals surface area (Å²) in [6.07, 6.45) is 0. The van der Waals surface area contributed by atoms with E-state index in [1.165, 1.54) is 19.2 Å². The Labute approximate surface area is 179 Å². The fraction of sp³-hybridized carbons (Fsp3) is 0.174. The molecule has 0 spiro atoms. The van der Waals surface area contributed by atoms with E-state index in [0.717, 1.165) is 0 Å². The number of ether oxygens (including phenoxy) is 2. The Morgan fingerprint density at radius 3 is 2.35 bits per heavy atom. The average Bonchev–Trinajstić information content (AvgIpc) is 3.10. The number of carbonyl (C=O) groups is 1. The molecule has 0 saturated carbocycles. The van der Waals surface area contributed by atoms with Crippen LogP contribution >= 0.6 is 0 Å². The summed E-state index contributed by atoms with van der Waals surface area (Å²) in [6.45, 7) is 2.05. The first-order chi connectivity index (χ1) is 14.9. The molecule has 0 atom stereocenters. The minimum Gasteiger partial charge on any atom is -0.460 e. The highest BCUT2D eigenvalue weighted by Gasteiger charge is 2.24. The maximum Gasteiger partial charge on any atom is 0.342 e. The minimum absolute atomic E-state index is 0.0997. The molecule has 0 fully saturated rings. The number of methoxy groups -OCH3 is 1. The van der Waals surface area contributed by atoms with Crippen LogP contribution in [0.5, 0.6) is 0 Å². The van der Waals surface area contributed by atoms with Crippen LogP contribution in [0.2, 0.25) is 0 Å². The van der Waals surface area contributed by atoms with Crippen LogP contribution < -0.4 is 4.72 Å². The molecule has 0 amide bonds. The van der Waals surface area contributed by atoms with Crippen molar-refractivity contribution in [2.75, 3.05) is 25.0 Å². The number of benzene rings is 3. The van der Waals surface area contributed by atoms with E-state index in [-0.39, 0.29) is 23.7 Å². The van der Waals surface area contributed by atoms with E-state index in [9.17, 15) is 13.2 Å². The van der Waals surface area contributed by atoms with Crippen molar-refractivity contribution < 1.29 is 27.1 Å². The summed E-state index contributed by atoms with van der Waals surface area (Å²) >= 11 is 0. The van der Waals surface area contributed by atoms with Gasteiger partial charge in [0.2, 0.25) is 0 Å². The summed E-state index contributed by atoms with van der Waals surface area (Å²) in [6, 6.07) is 17.0. The highest BCUT2D eigenvalue weighted by atomic mass is 32.2. The number of aryl methyl sites for hydroxylation is 1. The van der Waals surface area contributed by atoms with Gasteiger partial charge in [-0.3, -0.25) is 4.72 Å². The zero-order chi connectivity index (χ0) is 22.0. The first kappa shape index (κ1) is 20.9. The largest absolute Gasteiger partial charge is 0.460 e. The van der Waals surface area contributed by atoms with Gasteiger partial charge in [-0.2, -0.15) is 0 Å². The Hall–Kier alpha value is -3.36. The molecule has 0 aliphatic heterocycles. The number of anilines is 1. The van der Waals surface area contributed by atoms with Gasteiger partial charge in [-0.1, -0.05) is 42.5 Å². The molecular formula is C23H21NO6S. The van der Waals surface area contributed by atoms with Gasteiger partial charge in [0.15, 0.2) is 0 Å². The van der Waals surface area contributed by atoms with E-state index in [1.807, 2.05) is 18.2 Å². The lowest BCUT2D eigenvalue weighted by Gasteiger charge is -2.12. The quantitative estimate of drug-likeness (QED) is 0.337. The number of carbonyl (C=O) groups excluding carboxylic acids is 1. The van der Waals surface area contributed by atoms with E-state index >= 15 is 0 Å². The molecule has 8 heteroatoms. The zero-order valence-corrected chi connectivity index (χ0v) is 17.9. The zero-order valence-electron chi connectivity index (χ0n) is 17.0. The lowest BCUT2D eigenvalue weighted by Crippen LogP contribution is -2.13. The van der Waals surface area contributed by atoms with Crippen molar-refractivity contribution in [2.24, 2.45) is 0 Å². The van der Waals surface area contributed by atoms with Crippen LogP contribution in [0.1, 0.15) is 16.1 Å². The van der Waals surface area contributed by atoms with Gasteiger partial charge in [0.25, 0.3) is 10.0 Å². The second-order valence-electron chi connectivity index (χ2n) is 6.93. The van der Waals surface area contributed by atoms with Gasteiger partial charge < -0.3 is 13.9 Å². The van der Waals surface area contributed by atoms with E-state index in [0.29, 0.717) is 33.2 Å². The van der Waals surface area contributed by atoms with Crippen molar-refractivity contribution in [3.8, 4) is 0 Å². The molecule has 160 valence electrons. The number of sulfonamides is 1. The van der Waals surface area contributed by atoms with Crippen molar-refractivity contribution in [1.29, 1.82) is 0 Å². The van der Waals surface area contributed by atoms with Crippen LogP contribution in [0.3, 0.4) is 0 Å². The number of fused-ring (bicyclic) bond motifs is 3. The second kappa shape index (κ2) is 8.41. The molecule has 0 unspecified atom stereocenters. The molecule has 0 bridgehead atoms. The lowest BCUT2D eigenvalue weighted by molar-refractivity contribution is 0.0388. The summed E-state index contributed by atoms with van der Waals surface area (Å²) in [5.41, 5.74) is 1.10. The Kier molecular flexibility index (Phi) is 5.67. The molecular weight excluding hydrogens is 418 g/mol. The first-order valence-corrected chi connectivity index (χ1v) is 11.1. The lowest BCUT2D eigenvalue weighted by atomic mass is 10.0. The molecule has 4 rings (SSSR count). The normalized spacial score (nSPS) is 11.7.